The van der Waals surface area contributed by atoms with E-state index in [1.807, 2.05) is 0 Å². The molecule has 1 aromatic rings. The van der Waals surface area contributed by atoms with Gasteiger partial charge in [-0.25, -0.2) is 0 Å². The van der Waals surface area contributed by atoms with Crippen molar-refractivity contribution < 1.29 is 9.53 Å². The summed E-state index contributed by atoms with van der Waals surface area (Å²) in [7, 11) is 0. The molecule has 1 aliphatic carbocycles. The summed E-state index contributed by atoms with van der Waals surface area (Å²) in [4.78, 5) is 12.1. The number of carbonyl (C=O) groups is 1. The predicted octanol–water partition coefficient (Wildman–Crippen LogP) is 4.77. The van der Waals surface area contributed by atoms with Crippen molar-refractivity contribution in [3.63, 3.8) is 0 Å². The number of benzene rings is 1. The molecule has 0 N–H and O–H groups in total. The zero-order valence-corrected chi connectivity index (χ0v) is 12.5. The lowest BCUT2D eigenvalue weighted by Gasteiger charge is -2.28. The van der Waals surface area contributed by atoms with Crippen molar-refractivity contribution >= 4 is 29.0 Å². The second-order valence-corrected chi connectivity index (χ2v) is 6.00. The first-order chi connectivity index (χ1) is 9.08. The fourth-order valence-electron chi connectivity index (χ4n) is 2.51. The standard InChI is InChI=1S/C15H18Cl2O2/c1-10-4-2-3-5-15(10)19-9-14(18)12-7-6-11(16)8-13(12)17/h6-8,10,15H,2-5,9H2,1H3. The molecular weight excluding hydrogens is 283 g/mol. The Balaban J connectivity index is 1.93. The number of hydrogen-bond acceptors (Lipinski definition) is 2. The molecule has 0 amide bonds. The monoisotopic (exact) mass is 300 g/mol. The molecule has 2 nitrogen and oxygen atoms in total. The van der Waals surface area contributed by atoms with Gasteiger partial charge in [-0.15, -0.1) is 0 Å². The van der Waals surface area contributed by atoms with Gasteiger partial charge in [0.25, 0.3) is 0 Å². The molecule has 2 unspecified atom stereocenters. The molecule has 0 spiro atoms. The molecular formula is C15H18Cl2O2. The molecule has 0 aromatic heterocycles. The maximum Gasteiger partial charge on any atom is 0.189 e. The Morgan fingerprint density at radius 2 is 2.05 bits per heavy atom. The van der Waals surface area contributed by atoms with Gasteiger partial charge in [-0.1, -0.05) is 43.0 Å². The third kappa shape index (κ3) is 3.95. The Morgan fingerprint density at radius 3 is 2.74 bits per heavy atom. The van der Waals surface area contributed by atoms with Crippen molar-refractivity contribution in [3.8, 4) is 0 Å². The van der Waals surface area contributed by atoms with E-state index in [1.165, 1.54) is 19.3 Å². The number of halogens is 2. The SMILES string of the molecule is CC1CCCCC1OCC(=O)c1ccc(Cl)cc1Cl. The zero-order valence-electron chi connectivity index (χ0n) is 11.0. The van der Waals surface area contributed by atoms with Gasteiger partial charge in [-0.05, 0) is 37.0 Å². The summed E-state index contributed by atoms with van der Waals surface area (Å²) >= 11 is 11.8. The molecule has 104 valence electrons. The summed E-state index contributed by atoms with van der Waals surface area (Å²) < 4.78 is 5.76. The average molecular weight is 301 g/mol. The number of rotatable bonds is 4. The third-order valence-electron chi connectivity index (χ3n) is 3.69. The van der Waals surface area contributed by atoms with Crippen molar-refractivity contribution in [2.24, 2.45) is 5.92 Å². The van der Waals surface area contributed by atoms with E-state index in [2.05, 4.69) is 6.92 Å². The highest BCUT2D eigenvalue weighted by atomic mass is 35.5. The predicted molar refractivity (Wildman–Crippen MR) is 78.2 cm³/mol. The lowest BCUT2D eigenvalue weighted by atomic mass is 9.88. The fraction of sp³-hybridized carbons (Fsp3) is 0.533. The zero-order chi connectivity index (χ0) is 13.8. The first-order valence-electron chi connectivity index (χ1n) is 6.68. The van der Waals surface area contributed by atoms with Crippen LogP contribution in [0.4, 0.5) is 0 Å². The van der Waals surface area contributed by atoms with E-state index in [-0.39, 0.29) is 18.5 Å². The molecule has 2 rings (SSSR count). The van der Waals surface area contributed by atoms with Gasteiger partial charge in [0, 0.05) is 10.6 Å². The number of Topliss-reactive ketones (excluding diaryl/α,β-unsaturated/α-hetero) is 1. The molecule has 1 fully saturated rings. The maximum atomic E-state index is 12.1. The summed E-state index contributed by atoms with van der Waals surface area (Å²) in [6.07, 6.45) is 4.87. The van der Waals surface area contributed by atoms with Crippen molar-refractivity contribution in [3.05, 3.63) is 33.8 Å². The van der Waals surface area contributed by atoms with E-state index in [0.29, 0.717) is 21.5 Å². The largest absolute Gasteiger partial charge is 0.370 e. The van der Waals surface area contributed by atoms with Gasteiger partial charge in [0.15, 0.2) is 5.78 Å². The Bertz CT molecular complexity index is 459. The van der Waals surface area contributed by atoms with Crippen LogP contribution in [0.15, 0.2) is 18.2 Å². The van der Waals surface area contributed by atoms with Crippen LogP contribution in [0.2, 0.25) is 10.0 Å². The van der Waals surface area contributed by atoms with Crippen molar-refractivity contribution in [2.75, 3.05) is 6.61 Å². The van der Waals surface area contributed by atoms with E-state index in [0.717, 1.165) is 6.42 Å². The second kappa shape index (κ2) is 6.74. The van der Waals surface area contributed by atoms with E-state index in [4.69, 9.17) is 27.9 Å². The van der Waals surface area contributed by atoms with Crippen molar-refractivity contribution in [1.82, 2.24) is 0 Å². The molecule has 0 bridgehead atoms. The molecule has 0 saturated heterocycles. The summed E-state index contributed by atoms with van der Waals surface area (Å²) in [5, 5.41) is 0.918. The van der Waals surface area contributed by atoms with Crippen LogP contribution in [0.25, 0.3) is 0 Å². The van der Waals surface area contributed by atoms with Crippen LogP contribution < -0.4 is 0 Å². The molecule has 2 atom stereocenters. The smallest absolute Gasteiger partial charge is 0.189 e. The van der Waals surface area contributed by atoms with Crippen molar-refractivity contribution in [1.29, 1.82) is 0 Å². The van der Waals surface area contributed by atoms with Crippen LogP contribution in [0.3, 0.4) is 0 Å². The topological polar surface area (TPSA) is 26.3 Å². The Morgan fingerprint density at radius 1 is 1.32 bits per heavy atom. The quantitative estimate of drug-likeness (QED) is 0.749. The molecule has 0 aliphatic heterocycles. The Labute approximate surface area is 124 Å². The van der Waals surface area contributed by atoms with Crippen LogP contribution in [-0.4, -0.2) is 18.5 Å². The molecule has 0 heterocycles. The van der Waals surface area contributed by atoms with Gasteiger partial charge in [0.1, 0.15) is 6.61 Å². The van der Waals surface area contributed by atoms with E-state index in [9.17, 15) is 4.79 Å². The first kappa shape index (κ1) is 14.8. The molecule has 0 radical (unpaired) electrons. The Hall–Kier alpha value is -0.570. The van der Waals surface area contributed by atoms with Gasteiger partial charge in [0.05, 0.1) is 11.1 Å². The minimum absolute atomic E-state index is 0.0839. The van der Waals surface area contributed by atoms with E-state index in [1.54, 1.807) is 18.2 Å². The molecule has 1 aliphatic rings. The van der Waals surface area contributed by atoms with Crippen LogP contribution >= 0.6 is 23.2 Å². The summed E-state index contributed by atoms with van der Waals surface area (Å²) in [6.45, 7) is 2.28. The van der Waals surface area contributed by atoms with Gasteiger partial charge in [-0.3, -0.25) is 4.79 Å². The van der Waals surface area contributed by atoms with Gasteiger partial charge in [0.2, 0.25) is 0 Å². The minimum Gasteiger partial charge on any atom is -0.370 e. The van der Waals surface area contributed by atoms with Crippen molar-refractivity contribution in [2.45, 2.75) is 38.7 Å². The number of ketones is 1. The third-order valence-corrected chi connectivity index (χ3v) is 4.24. The van der Waals surface area contributed by atoms with Gasteiger partial charge >= 0.3 is 0 Å². The molecule has 1 aromatic carbocycles. The number of carbonyl (C=O) groups excluding carboxylic acids is 1. The highest BCUT2D eigenvalue weighted by molar-refractivity contribution is 6.36. The lowest BCUT2D eigenvalue weighted by Crippen LogP contribution is -2.28. The van der Waals surface area contributed by atoms with Crippen LogP contribution in [-0.2, 0) is 4.74 Å². The second-order valence-electron chi connectivity index (χ2n) is 5.16. The van der Waals surface area contributed by atoms with E-state index < -0.39 is 0 Å². The normalized spacial score (nSPS) is 23.3. The van der Waals surface area contributed by atoms with Crippen LogP contribution in [0.5, 0.6) is 0 Å². The summed E-state index contributed by atoms with van der Waals surface area (Å²) in [6, 6.07) is 4.91. The van der Waals surface area contributed by atoms with Gasteiger partial charge in [-0.2, -0.15) is 0 Å². The average Bonchev–Trinajstić information content (AvgIpc) is 2.37. The fourth-order valence-corrected chi connectivity index (χ4v) is 3.02. The number of hydrogen-bond donors (Lipinski definition) is 0. The van der Waals surface area contributed by atoms with Crippen LogP contribution in [0.1, 0.15) is 43.0 Å². The highest BCUT2D eigenvalue weighted by Gasteiger charge is 2.23. The first-order valence-corrected chi connectivity index (χ1v) is 7.43. The molecule has 19 heavy (non-hydrogen) atoms. The highest BCUT2D eigenvalue weighted by Crippen LogP contribution is 2.27. The Kier molecular flexibility index (Phi) is 5.26. The van der Waals surface area contributed by atoms with Gasteiger partial charge < -0.3 is 4.74 Å². The van der Waals surface area contributed by atoms with Crippen LogP contribution in [0, 0.1) is 5.92 Å². The lowest BCUT2D eigenvalue weighted by molar-refractivity contribution is 0.000754. The molecule has 1 saturated carbocycles. The number of ether oxygens (including phenoxy) is 1. The maximum absolute atomic E-state index is 12.1. The van der Waals surface area contributed by atoms with E-state index >= 15 is 0 Å². The summed E-state index contributed by atoms with van der Waals surface area (Å²) in [5.74, 6) is 0.446. The minimum atomic E-state index is -0.0839. The summed E-state index contributed by atoms with van der Waals surface area (Å²) in [5.41, 5.74) is 0.481. The molecule has 4 heteroatoms.